The average molecular weight is 484 g/mol. The highest BCUT2D eigenvalue weighted by Crippen LogP contribution is 2.34. The van der Waals surface area contributed by atoms with Crippen molar-refractivity contribution in [3.05, 3.63) is 25.6 Å². The number of nitrogens with one attached hydrogen (secondary N) is 2. The summed E-state index contributed by atoms with van der Waals surface area (Å²) in [7, 11) is 0. The Kier molecular flexibility index (Phi) is 6.25. The lowest BCUT2D eigenvalue weighted by atomic mass is 10.1. The third-order valence-corrected chi connectivity index (χ3v) is 5.22. The molecule has 1 amide bonds. The Morgan fingerprint density at radius 1 is 1.33 bits per heavy atom. The van der Waals surface area contributed by atoms with Gasteiger partial charge in [0, 0.05) is 38.6 Å². The highest BCUT2D eigenvalue weighted by Gasteiger charge is 2.24. The zero-order valence-electron chi connectivity index (χ0n) is 11.9. The van der Waals surface area contributed by atoms with Crippen LogP contribution in [0.2, 0.25) is 0 Å². The molecule has 0 spiro atoms. The topological polar surface area (TPSA) is 44.4 Å². The van der Waals surface area contributed by atoms with E-state index in [4.69, 9.17) is 0 Å². The molecule has 2 unspecified atom stereocenters. The normalized spacial score (nSPS) is 23.1. The average Bonchev–Trinajstić information content (AvgIpc) is 2.38. The Morgan fingerprint density at radius 2 is 1.95 bits per heavy atom. The monoisotopic (exact) mass is 481 g/mol. The van der Waals surface area contributed by atoms with Gasteiger partial charge >= 0.3 is 0 Å². The lowest BCUT2D eigenvalue weighted by Gasteiger charge is -2.37. The summed E-state index contributed by atoms with van der Waals surface area (Å²) >= 11 is 10.4. The first-order valence-electron chi connectivity index (χ1n) is 6.78. The SMILES string of the molecule is CC1CN(CC(=O)Nc2c(Br)cc(Br)cc2Br)C(C)CN1. The molecule has 1 aromatic rings. The number of carbonyl (C=O) groups is 1. The van der Waals surface area contributed by atoms with Crippen LogP contribution < -0.4 is 10.6 Å². The lowest BCUT2D eigenvalue weighted by molar-refractivity contribution is -0.118. The first-order valence-corrected chi connectivity index (χ1v) is 9.16. The predicted molar refractivity (Wildman–Crippen MR) is 96.7 cm³/mol. The predicted octanol–water partition coefficient (Wildman–Crippen LogP) is 3.59. The van der Waals surface area contributed by atoms with Crippen LogP contribution in [0.5, 0.6) is 0 Å². The second kappa shape index (κ2) is 7.55. The Balaban J connectivity index is 2.02. The van der Waals surface area contributed by atoms with Crippen molar-refractivity contribution in [3.8, 4) is 0 Å². The van der Waals surface area contributed by atoms with Crippen LogP contribution in [0.4, 0.5) is 5.69 Å². The van der Waals surface area contributed by atoms with E-state index in [-0.39, 0.29) is 5.91 Å². The van der Waals surface area contributed by atoms with E-state index in [1.807, 2.05) is 12.1 Å². The largest absolute Gasteiger partial charge is 0.323 e. The number of benzene rings is 1. The highest BCUT2D eigenvalue weighted by atomic mass is 79.9. The molecule has 0 saturated carbocycles. The number of halogens is 3. The van der Waals surface area contributed by atoms with Gasteiger partial charge in [-0.1, -0.05) is 15.9 Å². The molecule has 21 heavy (non-hydrogen) atoms. The number of nitrogens with zero attached hydrogens (tertiary/aromatic N) is 1. The van der Waals surface area contributed by atoms with Gasteiger partial charge in [-0.3, -0.25) is 9.69 Å². The van der Waals surface area contributed by atoms with Crippen molar-refractivity contribution in [1.82, 2.24) is 10.2 Å². The molecule has 0 radical (unpaired) electrons. The van der Waals surface area contributed by atoms with Crippen LogP contribution in [-0.4, -0.2) is 42.5 Å². The molecule has 0 bridgehead atoms. The number of carbonyl (C=O) groups excluding carboxylic acids is 1. The van der Waals surface area contributed by atoms with E-state index in [1.54, 1.807) is 0 Å². The minimum absolute atomic E-state index is 0.000303. The van der Waals surface area contributed by atoms with Gasteiger partial charge in [0.25, 0.3) is 0 Å². The van der Waals surface area contributed by atoms with Crippen molar-refractivity contribution >= 4 is 59.4 Å². The molecule has 2 N–H and O–H groups in total. The molecule has 1 aromatic carbocycles. The lowest BCUT2D eigenvalue weighted by Crippen LogP contribution is -2.55. The van der Waals surface area contributed by atoms with Gasteiger partial charge in [0.05, 0.1) is 12.2 Å². The number of piperazine rings is 1. The molecule has 116 valence electrons. The molecule has 0 aliphatic carbocycles. The zero-order valence-corrected chi connectivity index (χ0v) is 16.7. The van der Waals surface area contributed by atoms with Gasteiger partial charge in [0.15, 0.2) is 0 Å². The van der Waals surface area contributed by atoms with Gasteiger partial charge in [-0.2, -0.15) is 0 Å². The maximum absolute atomic E-state index is 12.3. The molecule has 4 nitrogen and oxygen atoms in total. The van der Waals surface area contributed by atoms with E-state index in [0.717, 1.165) is 32.2 Å². The third kappa shape index (κ3) is 4.76. The van der Waals surface area contributed by atoms with Gasteiger partial charge < -0.3 is 10.6 Å². The fourth-order valence-corrected chi connectivity index (χ4v) is 4.80. The fourth-order valence-electron chi connectivity index (χ4n) is 2.34. The molecule has 2 rings (SSSR count). The molecule has 1 aliphatic heterocycles. The Bertz CT molecular complexity index is 515. The van der Waals surface area contributed by atoms with Crippen LogP contribution in [-0.2, 0) is 4.79 Å². The van der Waals surface area contributed by atoms with Crippen molar-refractivity contribution < 1.29 is 4.79 Å². The van der Waals surface area contributed by atoms with E-state index < -0.39 is 0 Å². The summed E-state index contributed by atoms with van der Waals surface area (Å²) in [5.74, 6) is -0.000303. The molecular weight excluding hydrogens is 466 g/mol. The molecule has 1 aliphatic rings. The van der Waals surface area contributed by atoms with Crippen molar-refractivity contribution in [2.45, 2.75) is 25.9 Å². The van der Waals surface area contributed by atoms with Gasteiger partial charge in [0.2, 0.25) is 5.91 Å². The standard InChI is InChI=1S/C14H18Br3N3O/c1-8-6-20(9(2)5-18-8)7-13(21)19-14-11(16)3-10(15)4-12(14)17/h3-4,8-9,18H,5-7H2,1-2H3,(H,19,21). The van der Waals surface area contributed by atoms with Crippen LogP contribution in [0.3, 0.4) is 0 Å². The smallest absolute Gasteiger partial charge is 0.238 e. The van der Waals surface area contributed by atoms with E-state index in [1.165, 1.54) is 0 Å². The second-order valence-electron chi connectivity index (χ2n) is 5.38. The molecular formula is C14H18Br3N3O. The van der Waals surface area contributed by atoms with Crippen LogP contribution in [0, 0.1) is 0 Å². The van der Waals surface area contributed by atoms with Crippen molar-refractivity contribution in [1.29, 1.82) is 0 Å². The van der Waals surface area contributed by atoms with E-state index in [9.17, 15) is 4.79 Å². The number of rotatable bonds is 3. The van der Waals surface area contributed by atoms with Crippen LogP contribution in [0.1, 0.15) is 13.8 Å². The van der Waals surface area contributed by atoms with Crippen molar-refractivity contribution in [2.24, 2.45) is 0 Å². The summed E-state index contributed by atoms with van der Waals surface area (Å²) in [6.07, 6.45) is 0. The van der Waals surface area contributed by atoms with Crippen LogP contribution in [0.15, 0.2) is 25.6 Å². The van der Waals surface area contributed by atoms with Crippen molar-refractivity contribution in [3.63, 3.8) is 0 Å². The number of hydrogen-bond acceptors (Lipinski definition) is 3. The number of anilines is 1. The summed E-state index contributed by atoms with van der Waals surface area (Å²) in [5, 5.41) is 6.39. The van der Waals surface area contributed by atoms with Gasteiger partial charge in [-0.15, -0.1) is 0 Å². The summed E-state index contributed by atoms with van der Waals surface area (Å²) < 4.78 is 2.64. The van der Waals surface area contributed by atoms with Gasteiger partial charge in [-0.25, -0.2) is 0 Å². The molecule has 7 heteroatoms. The minimum Gasteiger partial charge on any atom is -0.323 e. The maximum Gasteiger partial charge on any atom is 0.238 e. The van der Waals surface area contributed by atoms with Gasteiger partial charge in [-0.05, 0) is 57.8 Å². The third-order valence-electron chi connectivity index (χ3n) is 3.51. The Morgan fingerprint density at radius 3 is 2.57 bits per heavy atom. The summed E-state index contributed by atoms with van der Waals surface area (Å²) in [6.45, 7) is 6.48. The summed E-state index contributed by atoms with van der Waals surface area (Å²) in [6, 6.07) is 4.61. The molecule has 1 heterocycles. The number of amides is 1. The van der Waals surface area contributed by atoms with Crippen LogP contribution in [0.25, 0.3) is 0 Å². The highest BCUT2D eigenvalue weighted by molar-refractivity contribution is 9.11. The Labute approximate surface area is 150 Å². The first kappa shape index (κ1) is 17.4. The van der Waals surface area contributed by atoms with E-state index in [0.29, 0.717) is 18.6 Å². The molecule has 1 saturated heterocycles. The maximum atomic E-state index is 12.3. The van der Waals surface area contributed by atoms with E-state index >= 15 is 0 Å². The molecule has 0 aromatic heterocycles. The first-order chi connectivity index (χ1) is 9.86. The number of hydrogen-bond donors (Lipinski definition) is 2. The molecule has 1 fully saturated rings. The van der Waals surface area contributed by atoms with E-state index in [2.05, 4.69) is 77.2 Å². The van der Waals surface area contributed by atoms with Crippen LogP contribution >= 0.6 is 47.8 Å². The minimum atomic E-state index is -0.000303. The second-order valence-corrected chi connectivity index (χ2v) is 8.00. The Hall–Kier alpha value is 0.0500. The fraction of sp³-hybridized carbons (Fsp3) is 0.500. The van der Waals surface area contributed by atoms with Gasteiger partial charge in [0.1, 0.15) is 0 Å². The zero-order chi connectivity index (χ0) is 15.6. The molecule has 2 atom stereocenters. The van der Waals surface area contributed by atoms with Crippen molar-refractivity contribution in [2.75, 3.05) is 25.0 Å². The quantitative estimate of drug-likeness (QED) is 0.690. The summed E-state index contributed by atoms with van der Waals surface area (Å²) in [4.78, 5) is 14.5. The summed E-state index contributed by atoms with van der Waals surface area (Å²) in [5.41, 5.74) is 0.763.